The predicted molar refractivity (Wildman–Crippen MR) is 58.6 cm³/mol. The van der Waals surface area contributed by atoms with Crippen LogP contribution in [-0.2, 0) is 32.6 Å². The topological polar surface area (TPSA) is 109 Å². The molecule has 0 bridgehead atoms. The fourth-order valence-corrected chi connectivity index (χ4v) is 1.90. The zero-order chi connectivity index (χ0) is 12.9. The molecule has 17 heavy (non-hydrogen) atoms. The highest BCUT2D eigenvalue weighted by Gasteiger charge is 2.20. The molecule has 1 aromatic rings. The molecule has 0 unspecified atom stereocenters. The fourth-order valence-electron chi connectivity index (χ4n) is 1.24. The Labute approximate surface area is 99.8 Å². The zero-order valence-electron chi connectivity index (χ0n) is 9.79. The van der Waals surface area contributed by atoms with Gasteiger partial charge in [0.15, 0.2) is 5.82 Å². The maximum Gasteiger partial charge on any atom is 0.273 e. The van der Waals surface area contributed by atoms with E-state index < -0.39 is 10.0 Å². The van der Waals surface area contributed by atoms with Crippen LogP contribution in [0.4, 0.5) is 0 Å². The molecule has 8 nitrogen and oxygen atoms in total. The molecule has 1 heterocycles. The molecule has 0 aromatic carbocycles. The second-order valence-electron chi connectivity index (χ2n) is 3.23. The van der Waals surface area contributed by atoms with Crippen molar-refractivity contribution >= 4 is 10.0 Å². The van der Waals surface area contributed by atoms with Crippen molar-refractivity contribution < 1.29 is 17.9 Å². The van der Waals surface area contributed by atoms with Crippen molar-refractivity contribution in [1.82, 2.24) is 14.8 Å². The summed E-state index contributed by atoms with van der Waals surface area (Å²) in [7, 11) is -2.37. The Balaban J connectivity index is 3.02. The molecule has 1 aromatic heterocycles. The summed E-state index contributed by atoms with van der Waals surface area (Å²) in [5, 5.41) is 12.1. The standard InChI is InChI=1S/C8H16N4O4S/c1-3-16-6-7-10-11-8(17(9,13)14)12(7)4-5-15-2/h3-6H2,1-2H3,(H2,9,13,14). The average Bonchev–Trinajstić information content (AvgIpc) is 2.66. The van der Waals surface area contributed by atoms with E-state index in [0.29, 0.717) is 25.6 Å². The molecule has 0 saturated carbocycles. The van der Waals surface area contributed by atoms with Gasteiger partial charge in [0, 0.05) is 13.7 Å². The van der Waals surface area contributed by atoms with Gasteiger partial charge < -0.3 is 9.47 Å². The lowest BCUT2D eigenvalue weighted by molar-refractivity contribution is 0.121. The molecule has 0 atom stereocenters. The molecule has 0 amide bonds. The summed E-state index contributed by atoms with van der Waals surface area (Å²) in [6.45, 7) is 3.15. The number of sulfonamides is 1. The van der Waals surface area contributed by atoms with Crippen molar-refractivity contribution in [3.8, 4) is 0 Å². The minimum atomic E-state index is -3.89. The Morgan fingerprint density at radius 3 is 2.65 bits per heavy atom. The summed E-state index contributed by atoms with van der Waals surface area (Å²) in [6.07, 6.45) is 0. The molecule has 2 N–H and O–H groups in total. The van der Waals surface area contributed by atoms with Gasteiger partial charge in [0.1, 0.15) is 6.61 Å². The predicted octanol–water partition coefficient (Wildman–Crippen LogP) is -0.892. The van der Waals surface area contributed by atoms with E-state index in [4.69, 9.17) is 14.6 Å². The SMILES string of the molecule is CCOCc1nnc(S(N)(=O)=O)n1CCOC. The van der Waals surface area contributed by atoms with Gasteiger partial charge in [-0.05, 0) is 6.92 Å². The number of aromatic nitrogens is 3. The van der Waals surface area contributed by atoms with Crippen LogP contribution >= 0.6 is 0 Å². The van der Waals surface area contributed by atoms with Crippen molar-refractivity contribution in [3.05, 3.63) is 5.82 Å². The highest BCUT2D eigenvalue weighted by atomic mass is 32.2. The quantitative estimate of drug-likeness (QED) is 0.684. The first kappa shape index (κ1) is 14.0. The minimum Gasteiger partial charge on any atom is -0.383 e. The van der Waals surface area contributed by atoms with Crippen molar-refractivity contribution in [1.29, 1.82) is 0 Å². The van der Waals surface area contributed by atoms with Crippen molar-refractivity contribution in [2.75, 3.05) is 20.3 Å². The molecule has 0 aliphatic heterocycles. The van der Waals surface area contributed by atoms with Crippen LogP contribution in [0.25, 0.3) is 0 Å². The van der Waals surface area contributed by atoms with Gasteiger partial charge in [-0.2, -0.15) is 0 Å². The number of nitrogens with zero attached hydrogens (tertiary/aromatic N) is 3. The van der Waals surface area contributed by atoms with Crippen LogP contribution in [0, 0.1) is 0 Å². The van der Waals surface area contributed by atoms with E-state index in [1.165, 1.54) is 11.7 Å². The molecule has 0 fully saturated rings. The highest BCUT2D eigenvalue weighted by molar-refractivity contribution is 7.89. The molecule has 0 aliphatic rings. The molecule has 0 spiro atoms. The number of nitrogens with two attached hydrogens (primary N) is 1. The van der Waals surface area contributed by atoms with Gasteiger partial charge in [0.05, 0.1) is 13.2 Å². The summed E-state index contributed by atoms with van der Waals surface area (Å²) in [5.41, 5.74) is 0. The summed E-state index contributed by atoms with van der Waals surface area (Å²) >= 11 is 0. The van der Waals surface area contributed by atoms with Crippen molar-refractivity contribution in [2.45, 2.75) is 25.2 Å². The fraction of sp³-hybridized carbons (Fsp3) is 0.750. The Morgan fingerprint density at radius 1 is 1.41 bits per heavy atom. The number of hydrogen-bond acceptors (Lipinski definition) is 6. The number of rotatable bonds is 7. The third-order valence-electron chi connectivity index (χ3n) is 2.00. The highest BCUT2D eigenvalue weighted by Crippen LogP contribution is 2.08. The lowest BCUT2D eigenvalue weighted by atomic mass is 10.5. The number of ether oxygens (including phenoxy) is 2. The summed E-state index contributed by atoms with van der Waals surface area (Å²) in [5.74, 6) is 0.410. The third-order valence-corrected chi connectivity index (χ3v) is 2.81. The van der Waals surface area contributed by atoms with Gasteiger partial charge in [0.25, 0.3) is 15.2 Å². The van der Waals surface area contributed by atoms with Gasteiger partial charge >= 0.3 is 0 Å². The van der Waals surface area contributed by atoms with Crippen LogP contribution in [0.15, 0.2) is 5.16 Å². The Kier molecular flexibility index (Phi) is 5.00. The first-order valence-electron chi connectivity index (χ1n) is 5.02. The zero-order valence-corrected chi connectivity index (χ0v) is 10.6. The lowest BCUT2D eigenvalue weighted by Gasteiger charge is -2.08. The normalized spacial score (nSPS) is 11.9. The Bertz CT molecular complexity index is 456. The van der Waals surface area contributed by atoms with E-state index in [0.717, 1.165) is 0 Å². The summed E-state index contributed by atoms with van der Waals surface area (Å²) < 4.78 is 34.0. The molecule has 0 radical (unpaired) electrons. The van der Waals surface area contributed by atoms with Crippen LogP contribution in [0.1, 0.15) is 12.7 Å². The Hall–Kier alpha value is -1.03. The van der Waals surface area contributed by atoms with Crippen molar-refractivity contribution in [3.63, 3.8) is 0 Å². The van der Waals surface area contributed by atoms with Gasteiger partial charge in [0.2, 0.25) is 0 Å². The van der Waals surface area contributed by atoms with Crippen LogP contribution in [0.5, 0.6) is 0 Å². The molecule has 0 saturated heterocycles. The lowest BCUT2D eigenvalue weighted by Crippen LogP contribution is -2.21. The van der Waals surface area contributed by atoms with Gasteiger partial charge in [-0.3, -0.25) is 4.57 Å². The van der Waals surface area contributed by atoms with Gasteiger partial charge in [-0.1, -0.05) is 0 Å². The number of hydrogen-bond donors (Lipinski definition) is 1. The molecule has 1 rings (SSSR count). The van der Waals surface area contributed by atoms with Crippen LogP contribution in [0.2, 0.25) is 0 Å². The second-order valence-corrected chi connectivity index (χ2v) is 4.68. The first-order valence-corrected chi connectivity index (χ1v) is 6.57. The third kappa shape index (κ3) is 3.73. The van der Waals surface area contributed by atoms with E-state index >= 15 is 0 Å². The average molecular weight is 264 g/mol. The summed E-state index contributed by atoms with van der Waals surface area (Å²) in [6, 6.07) is 0. The molecular weight excluding hydrogens is 248 g/mol. The van der Waals surface area contributed by atoms with Crippen LogP contribution < -0.4 is 5.14 Å². The largest absolute Gasteiger partial charge is 0.383 e. The van der Waals surface area contributed by atoms with E-state index in [1.807, 2.05) is 6.92 Å². The van der Waals surface area contributed by atoms with Crippen molar-refractivity contribution in [2.24, 2.45) is 5.14 Å². The number of primary sulfonamides is 1. The number of methoxy groups -OCH3 is 1. The van der Waals surface area contributed by atoms with E-state index in [-0.39, 0.29) is 11.8 Å². The van der Waals surface area contributed by atoms with Gasteiger partial charge in [-0.15, -0.1) is 10.2 Å². The first-order chi connectivity index (χ1) is 8.00. The van der Waals surface area contributed by atoms with E-state index in [2.05, 4.69) is 10.2 Å². The maximum atomic E-state index is 11.3. The van der Waals surface area contributed by atoms with Gasteiger partial charge in [-0.25, -0.2) is 13.6 Å². The van der Waals surface area contributed by atoms with Crippen LogP contribution in [0.3, 0.4) is 0 Å². The molecule has 0 aliphatic carbocycles. The monoisotopic (exact) mass is 264 g/mol. The molecule has 9 heteroatoms. The smallest absolute Gasteiger partial charge is 0.273 e. The summed E-state index contributed by atoms with van der Waals surface area (Å²) in [4.78, 5) is 0. The second kappa shape index (κ2) is 6.05. The van der Waals surface area contributed by atoms with E-state index in [9.17, 15) is 8.42 Å². The minimum absolute atomic E-state index is 0.183. The Morgan fingerprint density at radius 2 is 2.12 bits per heavy atom. The maximum absolute atomic E-state index is 11.3. The van der Waals surface area contributed by atoms with Crippen LogP contribution in [-0.4, -0.2) is 43.5 Å². The molecule has 98 valence electrons. The van der Waals surface area contributed by atoms with E-state index in [1.54, 1.807) is 0 Å². The molecular formula is C8H16N4O4S.